The number of rotatable bonds is 4. The molecular formula is C16H17N3O. The predicted octanol–water partition coefficient (Wildman–Crippen LogP) is 3.04. The largest absolute Gasteiger partial charge is 0.472 e. The monoisotopic (exact) mass is 267 g/mol. The lowest BCUT2D eigenvalue weighted by atomic mass is 10.1. The molecular weight excluding hydrogens is 250 g/mol. The van der Waals surface area contributed by atoms with Crippen molar-refractivity contribution >= 4 is 16.7 Å². The normalized spacial score (nSPS) is 11.3. The Balaban J connectivity index is 1.81. The van der Waals surface area contributed by atoms with Crippen molar-refractivity contribution in [1.29, 1.82) is 0 Å². The van der Waals surface area contributed by atoms with Crippen molar-refractivity contribution in [2.45, 2.75) is 13.1 Å². The highest BCUT2D eigenvalue weighted by atomic mass is 16.3. The highest BCUT2D eigenvalue weighted by molar-refractivity contribution is 5.81. The van der Waals surface area contributed by atoms with Crippen molar-refractivity contribution in [3.63, 3.8) is 0 Å². The van der Waals surface area contributed by atoms with Crippen molar-refractivity contribution in [3.05, 3.63) is 60.1 Å². The number of benzene rings is 1. The zero-order valence-electron chi connectivity index (χ0n) is 11.4. The first-order valence-corrected chi connectivity index (χ1v) is 6.56. The molecule has 0 atom stereocenters. The number of nitrogens with zero attached hydrogens (tertiary/aromatic N) is 2. The molecule has 2 aromatic heterocycles. The fraction of sp³-hybridized carbons (Fsp3) is 0.188. The third-order valence-corrected chi connectivity index (χ3v) is 3.31. The van der Waals surface area contributed by atoms with Crippen LogP contribution in [0.3, 0.4) is 0 Å². The third-order valence-electron chi connectivity index (χ3n) is 3.31. The van der Waals surface area contributed by atoms with Gasteiger partial charge in [0.1, 0.15) is 5.82 Å². The van der Waals surface area contributed by atoms with E-state index in [4.69, 9.17) is 10.2 Å². The fourth-order valence-electron chi connectivity index (χ4n) is 2.34. The maximum atomic E-state index is 6.05. The average molecular weight is 267 g/mol. The third kappa shape index (κ3) is 2.65. The minimum absolute atomic E-state index is 0.600. The molecule has 20 heavy (non-hydrogen) atoms. The van der Waals surface area contributed by atoms with Gasteiger partial charge in [-0.05, 0) is 25.2 Å². The summed E-state index contributed by atoms with van der Waals surface area (Å²) in [5.41, 5.74) is 9.19. The second kappa shape index (κ2) is 5.35. The van der Waals surface area contributed by atoms with Gasteiger partial charge in [-0.3, -0.25) is 4.90 Å². The Morgan fingerprint density at radius 1 is 1.20 bits per heavy atom. The zero-order valence-corrected chi connectivity index (χ0v) is 11.4. The molecule has 2 N–H and O–H groups in total. The first-order valence-electron chi connectivity index (χ1n) is 6.56. The highest BCUT2D eigenvalue weighted by Crippen LogP contribution is 2.20. The minimum atomic E-state index is 0.600. The first-order chi connectivity index (χ1) is 9.72. The maximum absolute atomic E-state index is 6.05. The summed E-state index contributed by atoms with van der Waals surface area (Å²) in [6.45, 7) is 1.58. The molecule has 0 fully saturated rings. The summed E-state index contributed by atoms with van der Waals surface area (Å²) in [5, 5.41) is 1.12. The number of nitrogens with two attached hydrogens (primary N) is 1. The van der Waals surface area contributed by atoms with E-state index >= 15 is 0 Å². The maximum Gasteiger partial charge on any atom is 0.128 e. The number of aromatic nitrogens is 1. The van der Waals surface area contributed by atoms with E-state index in [0.29, 0.717) is 5.82 Å². The minimum Gasteiger partial charge on any atom is -0.472 e. The molecule has 0 aliphatic heterocycles. The summed E-state index contributed by atoms with van der Waals surface area (Å²) < 4.78 is 5.08. The molecule has 1 aromatic carbocycles. The summed E-state index contributed by atoms with van der Waals surface area (Å²) in [6, 6.07) is 12.1. The Morgan fingerprint density at radius 2 is 2.05 bits per heavy atom. The van der Waals surface area contributed by atoms with Gasteiger partial charge in [-0.15, -0.1) is 0 Å². The Morgan fingerprint density at radius 3 is 2.85 bits per heavy atom. The molecule has 0 saturated heterocycles. The molecule has 0 spiro atoms. The molecule has 0 bridgehead atoms. The summed E-state index contributed by atoms with van der Waals surface area (Å²) in [6.07, 6.45) is 3.45. The van der Waals surface area contributed by atoms with Gasteiger partial charge in [0.25, 0.3) is 0 Å². The molecule has 0 aliphatic rings. The van der Waals surface area contributed by atoms with Crippen LogP contribution in [0.1, 0.15) is 11.1 Å². The van der Waals surface area contributed by atoms with Crippen LogP contribution in [0.5, 0.6) is 0 Å². The van der Waals surface area contributed by atoms with Gasteiger partial charge in [-0.2, -0.15) is 0 Å². The lowest BCUT2D eigenvalue weighted by molar-refractivity contribution is 0.318. The van der Waals surface area contributed by atoms with Gasteiger partial charge in [0.15, 0.2) is 0 Å². The van der Waals surface area contributed by atoms with Gasteiger partial charge in [0.05, 0.1) is 18.0 Å². The predicted molar refractivity (Wildman–Crippen MR) is 80.0 cm³/mol. The van der Waals surface area contributed by atoms with E-state index in [0.717, 1.165) is 35.1 Å². The van der Waals surface area contributed by atoms with Gasteiger partial charge in [-0.1, -0.05) is 18.2 Å². The lowest BCUT2D eigenvalue weighted by Gasteiger charge is -2.17. The molecule has 4 heteroatoms. The Kier molecular flexibility index (Phi) is 3.39. The second-order valence-corrected chi connectivity index (χ2v) is 5.03. The second-order valence-electron chi connectivity index (χ2n) is 5.03. The number of para-hydroxylation sites is 1. The van der Waals surface area contributed by atoms with Crippen LogP contribution in [0.4, 0.5) is 5.82 Å². The zero-order chi connectivity index (χ0) is 13.9. The van der Waals surface area contributed by atoms with Crippen LogP contribution in [-0.2, 0) is 13.1 Å². The number of anilines is 1. The SMILES string of the molecule is CN(Cc1ccoc1)Cc1cc2ccccc2nc1N. The summed E-state index contributed by atoms with van der Waals surface area (Å²) in [7, 11) is 2.06. The summed E-state index contributed by atoms with van der Waals surface area (Å²) in [4.78, 5) is 6.65. The fourth-order valence-corrected chi connectivity index (χ4v) is 2.34. The van der Waals surface area contributed by atoms with Gasteiger partial charge in [0.2, 0.25) is 0 Å². The quantitative estimate of drug-likeness (QED) is 0.789. The lowest BCUT2D eigenvalue weighted by Crippen LogP contribution is -2.18. The van der Waals surface area contributed by atoms with Gasteiger partial charge < -0.3 is 10.2 Å². The van der Waals surface area contributed by atoms with E-state index in [9.17, 15) is 0 Å². The molecule has 0 saturated carbocycles. The number of hydrogen-bond donors (Lipinski definition) is 1. The Labute approximate surface area is 117 Å². The Bertz CT molecular complexity index is 707. The van der Waals surface area contributed by atoms with Crippen molar-refractivity contribution in [2.75, 3.05) is 12.8 Å². The van der Waals surface area contributed by atoms with E-state index < -0.39 is 0 Å². The molecule has 4 nitrogen and oxygen atoms in total. The van der Waals surface area contributed by atoms with Crippen LogP contribution >= 0.6 is 0 Å². The van der Waals surface area contributed by atoms with Gasteiger partial charge >= 0.3 is 0 Å². The molecule has 0 radical (unpaired) electrons. The molecule has 0 unspecified atom stereocenters. The van der Waals surface area contributed by atoms with E-state index in [-0.39, 0.29) is 0 Å². The topological polar surface area (TPSA) is 55.3 Å². The van der Waals surface area contributed by atoms with E-state index in [1.165, 1.54) is 0 Å². The number of hydrogen-bond acceptors (Lipinski definition) is 4. The van der Waals surface area contributed by atoms with Crippen molar-refractivity contribution in [3.8, 4) is 0 Å². The van der Waals surface area contributed by atoms with Gasteiger partial charge in [0, 0.05) is 29.6 Å². The summed E-state index contributed by atoms with van der Waals surface area (Å²) in [5.74, 6) is 0.600. The number of furan rings is 1. The van der Waals surface area contributed by atoms with Crippen LogP contribution in [0, 0.1) is 0 Å². The van der Waals surface area contributed by atoms with E-state index in [1.54, 1.807) is 12.5 Å². The molecule has 0 aliphatic carbocycles. The van der Waals surface area contributed by atoms with Crippen molar-refractivity contribution in [2.24, 2.45) is 0 Å². The average Bonchev–Trinajstić information content (AvgIpc) is 2.92. The number of pyridine rings is 1. The number of nitrogen functional groups attached to an aromatic ring is 1. The van der Waals surface area contributed by atoms with E-state index in [2.05, 4.69) is 29.1 Å². The highest BCUT2D eigenvalue weighted by Gasteiger charge is 2.08. The van der Waals surface area contributed by atoms with Crippen LogP contribution < -0.4 is 5.73 Å². The van der Waals surface area contributed by atoms with Crippen molar-refractivity contribution in [1.82, 2.24) is 9.88 Å². The van der Waals surface area contributed by atoms with Crippen LogP contribution in [0.25, 0.3) is 10.9 Å². The number of fused-ring (bicyclic) bond motifs is 1. The van der Waals surface area contributed by atoms with Crippen LogP contribution in [0.15, 0.2) is 53.3 Å². The van der Waals surface area contributed by atoms with Crippen LogP contribution in [0.2, 0.25) is 0 Å². The molecule has 0 amide bonds. The molecule has 102 valence electrons. The van der Waals surface area contributed by atoms with Crippen molar-refractivity contribution < 1.29 is 4.42 Å². The first kappa shape index (κ1) is 12.7. The molecule has 3 rings (SSSR count). The molecule has 3 aromatic rings. The molecule has 2 heterocycles. The Hall–Kier alpha value is -2.33. The van der Waals surface area contributed by atoms with Gasteiger partial charge in [-0.25, -0.2) is 4.98 Å². The smallest absolute Gasteiger partial charge is 0.128 e. The summed E-state index contributed by atoms with van der Waals surface area (Å²) >= 11 is 0. The van der Waals surface area contributed by atoms with Crippen LogP contribution in [-0.4, -0.2) is 16.9 Å². The standard InChI is InChI=1S/C16H17N3O/c1-19(9-12-6-7-20-11-12)10-14-8-13-4-2-3-5-15(13)18-16(14)17/h2-8,11H,9-10H2,1H3,(H2,17,18). The van der Waals surface area contributed by atoms with E-state index in [1.807, 2.05) is 24.3 Å².